The number of hydrogen-bond donors (Lipinski definition) is 3. The van der Waals surface area contributed by atoms with Crippen molar-refractivity contribution in [1.82, 2.24) is 9.97 Å². The Hall–Kier alpha value is -4.36. The number of aryl methyl sites for hydroxylation is 2. The summed E-state index contributed by atoms with van der Waals surface area (Å²) in [5, 5.41) is 2.61. The number of hydrogen-bond acceptors (Lipinski definition) is 7. The fraction of sp³-hybridized carbons (Fsp3) is 0.0800. The van der Waals surface area contributed by atoms with Crippen molar-refractivity contribution in [3.05, 3.63) is 102 Å². The summed E-state index contributed by atoms with van der Waals surface area (Å²) in [6.45, 7) is 3.44. The molecule has 0 aliphatic heterocycles. The Balaban J connectivity index is 1.50. The molecule has 0 spiro atoms. The number of benzene rings is 3. The maximum atomic E-state index is 13.2. The largest absolute Gasteiger partial charge is 0.322 e. The molecule has 4 rings (SSSR count). The van der Waals surface area contributed by atoms with Crippen LogP contribution in [0.25, 0.3) is 0 Å². The molecule has 0 unspecified atom stereocenters. The van der Waals surface area contributed by atoms with Gasteiger partial charge in [-0.25, -0.2) is 35.9 Å². The van der Waals surface area contributed by atoms with Crippen LogP contribution < -0.4 is 14.8 Å². The molecule has 3 N–H and O–H groups in total. The lowest BCUT2D eigenvalue weighted by molar-refractivity contribution is 0.102. The first-order valence-electron chi connectivity index (χ1n) is 11.1. The molecule has 0 atom stereocenters. The molecule has 10 nitrogen and oxygen atoms in total. The highest BCUT2D eigenvalue weighted by Crippen LogP contribution is 2.23. The number of aromatic nitrogens is 2. The quantitative estimate of drug-likeness (QED) is 0.297. The van der Waals surface area contributed by atoms with Gasteiger partial charge in [0.15, 0.2) is 0 Å². The third-order valence-electron chi connectivity index (χ3n) is 5.17. The summed E-state index contributed by atoms with van der Waals surface area (Å²) in [5.74, 6) is -1.28. The van der Waals surface area contributed by atoms with Gasteiger partial charge in [-0.1, -0.05) is 12.1 Å². The summed E-state index contributed by atoms with van der Waals surface area (Å²) in [5.41, 5.74) is 1.50. The Morgan fingerprint density at radius 2 is 1.26 bits per heavy atom. The molecule has 4 aromatic rings. The maximum Gasteiger partial charge on any atom is 0.264 e. The average Bonchev–Trinajstić information content (AvgIpc) is 2.84. The topological polar surface area (TPSA) is 147 Å². The van der Waals surface area contributed by atoms with Gasteiger partial charge in [0.2, 0.25) is 5.95 Å². The van der Waals surface area contributed by atoms with E-state index < -0.39 is 31.8 Å². The standard InChI is InChI=1S/C25H22FN5O5S2/c1-16-15-17(2)28-25(27-16)31-38(35,36)21-13-9-19(10-14-21)29-24(32)22-5-3-4-6-23(22)30-37(33,34)20-11-7-18(26)8-12-20/h3-15,30H,1-2H3,(H,29,32)(H,27,28,31). The van der Waals surface area contributed by atoms with Gasteiger partial charge in [-0.2, -0.15) is 0 Å². The molecule has 3 aromatic carbocycles. The van der Waals surface area contributed by atoms with E-state index >= 15 is 0 Å². The SMILES string of the molecule is Cc1cc(C)nc(NS(=O)(=O)c2ccc(NC(=O)c3ccccc3NS(=O)(=O)c3ccc(F)cc3)cc2)n1. The van der Waals surface area contributed by atoms with Crippen LogP contribution in [0.3, 0.4) is 0 Å². The molecule has 0 aliphatic carbocycles. The summed E-state index contributed by atoms with van der Waals surface area (Å²) < 4.78 is 68.7. The van der Waals surface area contributed by atoms with E-state index in [0.29, 0.717) is 11.4 Å². The Labute approximate surface area is 219 Å². The summed E-state index contributed by atoms with van der Waals surface area (Å²) in [7, 11) is -8.08. The molecule has 0 saturated heterocycles. The van der Waals surface area contributed by atoms with Crippen LogP contribution in [-0.2, 0) is 20.0 Å². The van der Waals surface area contributed by atoms with Gasteiger partial charge in [0, 0.05) is 17.1 Å². The predicted octanol–water partition coefficient (Wildman–Crippen LogP) is 4.09. The number of nitrogens with zero attached hydrogens (tertiary/aromatic N) is 2. The molecule has 0 aliphatic rings. The van der Waals surface area contributed by atoms with Crippen molar-refractivity contribution in [3.63, 3.8) is 0 Å². The van der Waals surface area contributed by atoms with E-state index in [1.54, 1.807) is 32.0 Å². The molecular weight excluding hydrogens is 533 g/mol. The first-order chi connectivity index (χ1) is 17.9. The first kappa shape index (κ1) is 26.7. The Bertz CT molecular complexity index is 1690. The smallest absolute Gasteiger partial charge is 0.264 e. The molecule has 0 saturated carbocycles. The van der Waals surface area contributed by atoms with Crippen LogP contribution in [-0.4, -0.2) is 32.7 Å². The van der Waals surface area contributed by atoms with Gasteiger partial charge >= 0.3 is 0 Å². The summed E-state index contributed by atoms with van der Waals surface area (Å²) >= 11 is 0. The minimum absolute atomic E-state index is 0.00571. The summed E-state index contributed by atoms with van der Waals surface area (Å²) in [4.78, 5) is 20.8. The van der Waals surface area contributed by atoms with Crippen LogP contribution >= 0.6 is 0 Å². The van der Waals surface area contributed by atoms with E-state index in [1.165, 1.54) is 36.4 Å². The number of para-hydroxylation sites is 1. The zero-order valence-electron chi connectivity index (χ0n) is 20.1. The fourth-order valence-electron chi connectivity index (χ4n) is 3.45. The van der Waals surface area contributed by atoms with E-state index in [2.05, 4.69) is 24.7 Å². The highest BCUT2D eigenvalue weighted by atomic mass is 32.2. The van der Waals surface area contributed by atoms with Crippen molar-refractivity contribution in [2.45, 2.75) is 23.6 Å². The number of carbonyl (C=O) groups excluding carboxylic acids is 1. The second-order valence-electron chi connectivity index (χ2n) is 8.16. The zero-order valence-corrected chi connectivity index (χ0v) is 21.8. The van der Waals surface area contributed by atoms with Crippen molar-refractivity contribution in [3.8, 4) is 0 Å². The van der Waals surface area contributed by atoms with Crippen molar-refractivity contribution < 1.29 is 26.0 Å². The summed E-state index contributed by atoms with van der Waals surface area (Å²) in [6.07, 6.45) is 0. The highest BCUT2D eigenvalue weighted by molar-refractivity contribution is 7.93. The van der Waals surface area contributed by atoms with Crippen molar-refractivity contribution in [2.75, 3.05) is 14.8 Å². The van der Waals surface area contributed by atoms with Crippen LogP contribution in [0.4, 0.5) is 21.7 Å². The van der Waals surface area contributed by atoms with E-state index in [1.807, 2.05) is 0 Å². The average molecular weight is 556 g/mol. The highest BCUT2D eigenvalue weighted by Gasteiger charge is 2.20. The second-order valence-corrected chi connectivity index (χ2v) is 11.5. The number of nitrogens with one attached hydrogen (secondary N) is 3. The minimum atomic E-state index is -4.09. The van der Waals surface area contributed by atoms with E-state index in [4.69, 9.17) is 0 Å². The molecule has 0 radical (unpaired) electrons. The molecule has 13 heteroatoms. The van der Waals surface area contributed by atoms with Crippen LogP contribution in [0.1, 0.15) is 21.7 Å². The molecule has 196 valence electrons. The number of anilines is 3. The van der Waals surface area contributed by atoms with Gasteiger partial charge in [0.05, 0.1) is 21.0 Å². The lowest BCUT2D eigenvalue weighted by Crippen LogP contribution is -2.19. The Kier molecular flexibility index (Phi) is 7.41. The molecule has 0 fully saturated rings. The molecule has 1 aromatic heterocycles. The second kappa shape index (κ2) is 10.6. The van der Waals surface area contributed by atoms with Crippen LogP contribution in [0.15, 0.2) is 88.7 Å². The van der Waals surface area contributed by atoms with Crippen LogP contribution in [0.5, 0.6) is 0 Å². The lowest BCUT2D eigenvalue weighted by atomic mass is 10.1. The summed E-state index contributed by atoms with van der Waals surface area (Å²) in [6, 6.07) is 17.3. The predicted molar refractivity (Wildman–Crippen MR) is 140 cm³/mol. The molecule has 0 bridgehead atoms. The molecule has 38 heavy (non-hydrogen) atoms. The van der Waals surface area contributed by atoms with Crippen LogP contribution in [0.2, 0.25) is 0 Å². The van der Waals surface area contributed by atoms with E-state index in [-0.39, 0.29) is 32.7 Å². The van der Waals surface area contributed by atoms with Crippen molar-refractivity contribution in [1.29, 1.82) is 0 Å². The third-order valence-corrected chi connectivity index (χ3v) is 7.90. The molecular formula is C25H22FN5O5S2. The Morgan fingerprint density at radius 3 is 1.87 bits per heavy atom. The van der Waals surface area contributed by atoms with Crippen LogP contribution in [0, 0.1) is 19.7 Å². The number of halogens is 1. The lowest BCUT2D eigenvalue weighted by Gasteiger charge is -2.13. The number of sulfonamides is 2. The fourth-order valence-corrected chi connectivity index (χ4v) is 5.48. The Morgan fingerprint density at radius 1 is 0.737 bits per heavy atom. The van der Waals surface area contributed by atoms with Gasteiger partial charge in [-0.05, 0) is 80.6 Å². The van der Waals surface area contributed by atoms with Gasteiger partial charge in [-0.15, -0.1) is 0 Å². The van der Waals surface area contributed by atoms with E-state index in [9.17, 15) is 26.0 Å². The maximum absolute atomic E-state index is 13.2. The normalized spacial score (nSPS) is 11.6. The zero-order chi connectivity index (χ0) is 27.5. The van der Waals surface area contributed by atoms with Gasteiger partial charge in [-0.3, -0.25) is 9.52 Å². The molecule has 1 amide bonds. The van der Waals surface area contributed by atoms with E-state index in [0.717, 1.165) is 24.3 Å². The molecule has 1 heterocycles. The first-order valence-corrected chi connectivity index (χ1v) is 14.0. The van der Waals surface area contributed by atoms with Gasteiger partial charge in [0.1, 0.15) is 5.82 Å². The van der Waals surface area contributed by atoms with Gasteiger partial charge in [0.25, 0.3) is 26.0 Å². The van der Waals surface area contributed by atoms with Crippen molar-refractivity contribution in [2.24, 2.45) is 0 Å². The van der Waals surface area contributed by atoms with Crippen molar-refractivity contribution >= 4 is 43.3 Å². The van der Waals surface area contributed by atoms with Gasteiger partial charge < -0.3 is 5.32 Å². The third kappa shape index (κ3) is 6.30. The number of rotatable bonds is 8. The minimum Gasteiger partial charge on any atom is -0.322 e. The number of amides is 1. The number of carbonyl (C=O) groups is 1. The monoisotopic (exact) mass is 555 g/mol.